The fraction of sp³-hybridized carbons (Fsp3) is 0.133. The second kappa shape index (κ2) is 5.27. The molecule has 0 aliphatic rings. The van der Waals surface area contributed by atoms with Crippen LogP contribution in [0.5, 0.6) is 0 Å². The lowest BCUT2D eigenvalue weighted by Crippen LogP contribution is -2.14. The summed E-state index contributed by atoms with van der Waals surface area (Å²) in [5.74, 6) is -1.40. The van der Waals surface area contributed by atoms with E-state index in [1.807, 2.05) is 13.1 Å². The Kier molecular flexibility index (Phi) is 3.42. The van der Waals surface area contributed by atoms with Crippen LogP contribution in [-0.4, -0.2) is 26.4 Å². The Morgan fingerprint density at radius 3 is 2.73 bits per heavy atom. The number of rotatable bonds is 3. The van der Waals surface area contributed by atoms with Crippen LogP contribution in [0.1, 0.15) is 31.3 Å². The van der Waals surface area contributed by atoms with Crippen LogP contribution < -0.4 is 5.32 Å². The maximum atomic E-state index is 12.3. The average molecular weight is 315 g/mol. The number of anilines is 1. The molecule has 0 fully saturated rings. The van der Waals surface area contributed by atoms with Crippen molar-refractivity contribution in [2.24, 2.45) is 0 Å². The van der Waals surface area contributed by atoms with Crippen LogP contribution in [0.2, 0.25) is 0 Å². The summed E-state index contributed by atoms with van der Waals surface area (Å²) in [4.78, 5) is 29.4. The van der Waals surface area contributed by atoms with E-state index in [0.717, 1.165) is 15.4 Å². The number of fused-ring (bicyclic) bond motifs is 1. The van der Waals surface area contributed by atoms with Crippen molar-refractivity contribution in [3.63, 3.8) is 0 Å². The molecule has 0 aliphatic heterocycles. The molecule has 112 valence electrons. The summed E-state index contributed by atoms with van der Waals surface area (Å²) in [7, 11) is 0. The van der Waals surface area contributed by atoms with Gasteiger partial charge in [-0.15, -0.1) is 11.3 Å². The van der Waals surface area contributed by atoms with Crippen LogP contribution in [0, 0.1) is 13.8 Å². The lowest BCUT2D eigenvalue weighted by atomic mass is 10.1. The SMILES string of the molecule is Cc1cn2cc(C(=O)Nc3cc(C(=O)O)ccc3C)nc2s1. The van der Waals surface area contributed by atoms with Crippen LogP contribution in [-0.2, 0) is 0 Å². The average Bonchev–Trinajstić information content (AvgIpc) is 2.98. The zero-order valence-electron chi connectivity index (χ0n) is 12.0. The maximum absolute atomic E-state index is 12.3. The first-order valence-corrected chi connectivity index (χ1v) is 7.36. The smallest absolute Gasteiger partial charge is 0.335 e. The molecule has 7 heteroatoms. The fourth-order valence-electron chi connectivity index (χ4n) is 2.10. The zero-order chi connectivity index (χ0) is 15.9. The minimum atomic E-state index is -1.03. The van der Waals surface area contributed by atoms with Crippen LogP contribution in [0.25, 0.3) is 4.96 Å². The Morgan fingerprint density at radius 1 is 1.27 bits per heavy atom. The number of nitrogens with zero attached hydrogens (tertiary/aromatic N) is 2. The van der Waals surface area contributed by atoms with Gasteiger partial charge in [-0.3, -0.25) is 9.20 Å². The van der Waals surface area contributed by atoms with Crippen molar-refractivity contribution in [1.29, 1.82) is 0 Å². The van der Waals surface area contributed by atoms with Crippen molar-refractivity contribution in [2.45, 2.75) is 13.8 Å². The molecule has 0 radical (unpaired) electrons. The second-order valence-electron chi connectivity index (χ2n) is 4.95. The van der Waals surface area contributed by atoms with Crippen molar-refractivity contribution in [2.75, 3.05) is 5.32 Å². The standard InChI is InChI=1S/C15H13N3O3S/c1-8-3-4-10(14(20)21)5-11(8)16-13(19)12-7-18-6-9(2)22-15(18)17-12/h3-7H,1-2H3,(H,16,19)(H,20,21). The normalized spacial score (nSPS) is 10.8. The largest absolute Gasteiger partial charge is 0.478 e. The molecule has 0 aliphatic carbocycles. The van der Waals surface area contributed by atoms with E-state index in [2.05, 4.69) is 10.3 Å². The van der Waals surface area contributed by atoms with Gasteiger partial charge in [-0.1, -0.05) is 6.07 Å². The van der Waals surface area contributed by atoms with E-state index in [-0.39, 0.29) is 11.5 Å². The van der Waals surface area contributed by atoms with Crippen molar-refractivity contribution in [3.05, 3.63) is 52.3 Å². The number of nitrogens with one attached hydrogen (secondary N) is 1. The molecule has 2 heterocycles. The Labute approximate surface area is 130 Å². The number of aromatic carboxylic acids is 1. The Morgan fingerprint density at radius 2 is 2.05 bits per heavy atom. The highest BCUT2D eigenvalue weighted by Crippen LogP contribution is 2.20. The third-order valence-electron chi connectivity index (χ3n) is 3.24. The number of thiazole rings is 1. The Hall–Kier alpha value is -2.67. The van der Waals surface area contributed by atoms with E-state index in [1.165, 1.54) is 23.5 Å². The Bertz CT molecular complexity index is 863. The van der Waals surface area contributed by atoms with E-state index in [9.17, 15) is 9.59 Å². The number of hydrogen-bond donors (Lipinski definition) is 2. The van der Waals surface area contributed by atoms with Gasteiger partial charge in [-0.05, 0) is 31.5 Å². The molecule has 22 heavy (non-hydrogen) atoms. The van der Waals surface area contributed by atoms with Gasteiger partial charge in [0.05, 0.1) is 5.56 Å². The van der Waals surface area contributed by atoms with Gasteiger partial charge in [0.25, 0.3) is 5.91 Å². The van der Waals surface area contributed by atoms with Crippen LogP contribution >= 0.6 is 11.3 Å². The summed E-state index contributed by atoms with van der Waals surface area (Å²) in [5, 5.41) is 11.7. The molecule has 3 rings (SSSR count). The molecule has 0 spiro atoms. The molecule has 3 aromatic rings. The molecule has 0 unspecified atom stereocenters. The van der Waals surface area contributed by atoms with E-state index in [0.29, 0.717) is 11.4 Å². The van der Waals surface area contributed by atoms with E-state index in [1.54, 1.807) is 23.6 Å². The van der Waals surface area contributed by atoms with E-state index in [4.69, 9.17) is 5.11 Å². The molecule has 2 N–H and O–H groups in total. The van der Waals surface area contributed by atoms with Gasteiger partial charge in [0.15, 0.2) is 4.96 Å². The van der Waals surface area contributed by atoms with Gasteiger partial charge < -0.3 is 10.4 Å². The van der Waals surface area contributed by atoms with E-state index >= 15 is 0 Å². The van der Waals surface area contributed by atoms with Crippen LogP contribution in [0.3, 0.4) is 0 Å². The number of benzene rings is 1. The van der Waals surface area contributed by atoms with Crippen molar-refractivity contribution in [3.8, 4) is 0 Å². The predicted octanol–water partition coefficient (Wildman–Crippen LogP) is 2.96. The number of aryl methyl sites for hydroxylation is 2. The van der Waals surface area contributed by atoms with Gasteiger partial charge in [-0.25, -0.2) is 9.78 Å². The summed E-state index contributed by atoms with van der Waals surface area (Å²) in [5.41, 5.74) is 1.68. The first-order valence-electron chi connectivity index (χ1n) is 6.54. The summed E-state index contributed by atoms with van der Waals surface area (Å²) in [6.07, 6.45) is 3.56. The molecule has 6 nitrogen and oxygen atoms in total. The number of hydrogen-bond acceptors (Lipinski definition) is 4. The third-order valence-corrected chi connectivity index (χ3v) is 4.15. The fourth-order valence-corrected chi connectivity index (χ4v) is 2.91. The molecule has 1 amide bonds. The first kappa shape index (κ1) is 14.3. The highest BCUT2D eigenvalue weighted by molar-refractivity contribution is 7.17. The summed E-state index contributed by atoms with van der Waals surface area (Å²) in [6, 6.07) is 4.61. The number of amides is 1. The van der Waals surface area contributed by atoms with Crippen LogP contribution in [0.15, 0.2) is 30.6 Å². The quantitative estimate of drug-likeness (QED) is 0.778. The third kappa shape index (κ3) is 2.58. The second-order valence-corrected chi connectivity index (χ2v) is 6.16. The van der Waals surface area contributed by atoms with Gasteiger partial charge >= 0.3 is 5.97 Å². The first-order chi connectivity index (χ1) is 10.4. The number of carboxylic acid groups (broad SMARTS) is 1. The number of carbonyl (C=O) groups excluding carboxylic acids is 1. The van der Waals surface area contributed by atoms with Crippen molar-refractivity contribution < 1.29 is 14.7 Å². The van der Waals surface area contributed by atoms with Crippen LogP contribution in [0.4, 0.5) is 5.69 Å². The lowest BCUT2D eigenvalue weighted by molar-refractivity contribution is 0.0696. The highest BCUT2D eigenvalue weighted by Gasteiger charge is 2.14. The highest BCUT2D eigenvalue weighted by atomic mass is 32.1. The number of carboxylic acids is 1. The topological polar surface area (TPSA) is 83.7 Å². The molecule has 1 aromatic carbocycles. The number of imidazole rings is 1. The van der Waals surface area contributed by atoms with Gasteiger partial charge in [0, 0.05) is 23.0 Å². The summed E-state index contributed by atoms with van der Waals surface area (Å²) >= 11 is 1.50. The Balaban J connectivity index is 1.88. The van der Waals surface area contributed by atoms with Crippen molar-refractivity contribution in [1.82, 2.24) is 9.38 Å². The maximum Gasteiger partial charge on any atom is 0.335 e. The molecule has 0 bridgehead atoms. The molecule has 0 atom stereocenters. The van der Waals surface area contributed by atoms with Gasteiger partial charge in [-0.2, -0.15) is 0 Å². The molecule has 2 aromatic heterocycles. The van der Waals surface area contributed by atoms with E-state index < -0.39 is 5.97 Å². The monoisotopic (exact) mass is 315 g/mol. The predicted molar refractivity (Wildman–Crippen MR) is 83.9 cm³/mol. The molecule has 0 saturated heterocycles. The van der Waals surface area contributed by atoms with Gasteiger partial charge in [0.1, 0.15) is 5.69 Å². The van der Waals surface area contributed by atoms with Crippen molar-refractivity contribution >= 4 is 33.9 Å². The number of carbonyl (C=O) groups is 2. The minimum Gasteiger partial charge on any atom is -0.478 e. The molecule has 0 saturated carbocycles. The minimum absolute atomic E-state index is 0.127. The summed E-state index contributed by atoms with van der Waals surface area (Å²) < 4.78 is 1.80. The lowest BCUT2D eigenvalue weighted by Gasteiger charge is -2.08. The summed E-state index contributed by atoms with van der Waals surface area (Å²) in [6.45, 7) is 3.77. The van der Waals surface area contributed by atoms with Gasteiger partial charge in [0.2, 0.25) is 0 Å². The molecular weight excluding hydrogens is 302 g/mol. The number of aromatic nitrogens is 2. The molecular formula is C15H13N3O3S. The zero-order valence-corrected chi connectivity index (χ0v) is 12.8.